The van der Waals surface area contributed by atoms with Crippen molar-refractivity contribution in [1.82, 2.24) is 26.6 Å². The van der Waals surface area contributed by atoms with Crippen LogP contribution in [0.2, 0.25) is 0 Å². The maximum atomic E-state index is 12.9. The normalized spacial score (nSPS) is 32.5. The Balaban J connectivity index is 0.722. The van der Waals surface area contributed by atoms with Crippen LogP contribution in [0.5, 0.6) is 0 Å². The van der Waals surface area contributed by atoms with Gasteiger partial charge in [-0.1, -0.05) is 32.3 Å². The molecule has 57 heavy (non-hydrogen) atoms. The number of hydrogen-bond acceptors (Lipinski definition) is 8. The molecule has 0 radical (unpaired) electrons. The Bertz CT molecular complexity index is 1510. The Labute approximate surface area is 344 Å². The van der Waals surface area contributed by atoms with Crippen LogP contribution in [-0.2, 0) is 28.7 Å². The van der Waals surface area contributed by atoms with E-state index in [9.17, 15) is 28.8 Å². The highest BCUT2D eigenvalue weighted by Crippen LogP contribution is 2.65. The van der Waals surface area contributed by atoms with Gasteiger partial charge in [0, 0.05) is 61.7 Å². The van der Waals surface area contributed by atoms with Gasteiger partial charge in [-0.2, -0.15) is 11.8 Å². The van der Waals surface area contributed by atoms with Crippen molar-refractivity contribution < 1.29 is 33.5 Å². The first-order chi connectivity index (χ1) is 27.5. The van der Waals surface area contributed by atoms with Crippen LogP contribution in [-0.4, -0.2) is 84.3 Å². The maximum absolute atomic E-state index is 12.9. The predicted molar refractivity (Wildman–Crippen MR) is 221 cm³/mol. The Hall–Kier alpha value is -3.09. The second kappa shape index (κ2) is 20.2. The molecule has 0 spiro atoms. The molecule has 12 nitrogen and oxygen atoms in total. The Morgan fingerprint density at radius 3 is 2.12 bits per heavy atom. The molecule has 6 rings (SSSR count). The first-order valence-electron chi connectivity index (χ1n) is 22.4. The molecule has 9 atom stereocenters. The zero-order valence-electron chi connectivity index (χ0n) is 34.6. The van der Waals surface area contributed by atoms with Gasteiger partial charge in [-0.3, -0.25) is 24.0 Å². The molecule has 5 N–H and O–H groups in total. The molecule has 0 aromatic rings. The largest absolute Gasteiger partial charge is 0.462 e. The van der Waals surface area contributed by atoms with Gasteiger partial charge in [0.2, 0.25) is 17.7 Å². The lowest BCUT2D eigenvalue weighted by molar-refractivity contribution is -0.160. The van der Waals surface area contributed by atoms with Crippen LogP contribution in [0.1, 0.15) is 149 Å². The molecule has 0 unspecified atom stereocenters. The van der Waals surface area contributed by atoms with Gasteiger partial charge < -0.3 is 31.3 Å². The number of ether oxygens (including phenoxy) is 1. The van der Waals surface area contributed by atoms with Crippen LogP contribution in [0.15, 0.2) is 11.6 Å². The highest BCUT2D eigenvalue weighted by atomic mass is 32.2. The van der Waals surface area contributed by atoms with E-state index in [0.29, 0.717) is 61.9 Å². The minimum absolute atomic E-state index is 0.0156. The fourth-order valence-electron chi connectivity index (χ4n) is 11.4. The van der Waals surface area contributed by atoms with E-state index in [2.05, 4.69) is 40.4 Å². The number of amides is 5. The van der Waals surface area contributed by atoms with Gasteiger partial charge >= 0.3 is 12.0 Å². The van der Waals surface area contributed by atoms with Gasteiger partial charge in [0.1, 0.15) is 6.10 Å². The first-order valence-corrected chi connectivity index (χ1v) is 23.4. The standard InChI is InChI=1S/C44H69N5O7S/c1-43-22-20-30(50)27-29(43)14-15-31-32-16-17-36(44(32,2)23-21-33(31)43)56-40(54)19-18-39(53)47-26-10-4-9-25-46-37(51)12-5-3-8-24-45-38(52)13-7-6-11-35-41-34(28-57-35)48-42(55)49-41/h27,31-36,41H,3-26,28H2,1-2H3,(H,45,52)(H,46,51)(H,47,53)(H2,48,49,55)/t31-,32-,33-,34-,35-,36-,41-,43-,44-/m0/s1. The molecule has 4 aliphatic carbocycles. The number of carbonyl (C=O) groups excluding carboxylic acids is 6. The molecule has 318 valence electrons. The van der Waals surface area contributed by atoms with Crippen LogP contribution in [0.4, 0.5) is 4.79 Å². The number of thioether (sulfide) groups is 1. The molecule has 13 heteroatoms. The lowest BCUT2D eigenvalue weighted by Crippen LogP contribution is -2.51. The molecule has 0 bridgehead atoms. The summed E-state index contributed by atoms with van der Waals surface area (Å²) in [6.45, 7) is 6.52. The number of hydrogen-bond donors (Lipinski definition) is 5. The third-order valence-electron chi connectivity index (χ3n) is 14.7. The van der Waals surface area contributed by atoms with Crippen molar-refractivity contribution >= 4 is 47.3 Å². The zero-order valence-corrected chi connectivity index (χ0v) is 35.4. The van der Waals surface area contributed by atoms with Crippen molar-refractivity contribution in [3.63, 3.8) is 0 Å². The topological polar surface area (TPSA) is 172 Å². The molecule has 5 fully saturated rings. The number of carbonyl (C=O) groups is 6. The predicted octanol–water partition coefficient (Wildman–Crippen LogP) is 6.02. The number of fused-ring (bicyclic) bond motifs is 6. The Morgan fingerprint density at radius 1 is 0.737 bits per heavy atom. The molecular weight excluding hydrogens is 743 g/mol. The summed E-state index contributed by atoms with van der Waals surface area (Å²) in [6.07, 6.45) is 18.9. The van der Waals surface area contributed by atoms with Crippen LogP contribution in [0.3, 0.4) is 0 Å². The maximum Gasteiger partial charge on any atom is 0.315 e. The van der Waals surface area contributed by atoms with Crippen molar-refractivity contribution in [1.29, 1.82) is 0 Å². The minimum Gasteiger partial charge on any atom is -0.462 e. The van der Waals surface area contributed by atoms with E-state index in [1.165, 1.54) is 5.57 Å². The average molecular weight is 812 g/mol. The summed E-state index contributed by atoms with van der Waals surface area (Å²) in [5, 5.41) is 15.3. The summed E-state index contributed by atoms with van der Waals surface area (Å²) in [5.41, 5.74) is 1.50. The zero-order chi connectivity index (χ0) is 40.4. The van der Waals surface area contributed by atoms with Gasteiger partial charge in [-0.05, 0) is 119 Å². The van der Waals surface area contributed by atoms with E-state index in [0.717, 1.165) is 108 Å². The van der Waals surface area contributed by atoms with E-state index in [1.54, 1.807) is 0 Å². The van der Waals surface area contributed by atoms with Gasteiger partial charge in [0.25, 0.3) is 0 Å². The fraction of sp³-hybridized carbons (Fsp3) is 0.818. The number of rotatable bonds is 21. The second-order valence-electron chi connectivity index (χ2n) is 18.4. The lowest BCUT2D eigenvalue weighted by atomic mass is 9.47. The minimum atomic E-state index is -0.275. The summed E-state index contributed by atoms with van der Waals surface area (Å²) < 4.78 is 6.10. The molecular formula is C44H69N5O7S. The van der Waals surface area contributed by atoms with E-state index in [1.807, 2.05) is 17.8 Å². The number of unbranched alkanes of at least 4 members (excludes halogenated alkanes) is 5. The molecule has 3 saturated carbocycles. The van der Waals surface area contributed by atoms with Crippen molar-refractivity contribution in [3.8, 4) is 0 Å². The second-order valence-corrected chi connectivity index (χ2v) is 19.6. The lowest BCUT2D eigenvalue weighted by Gasteiger charge is -2.57. The van der Waals surface area contributed by atoms with E-state index in [-0.39, 0.29) is 77.4 Å². The van der Waals surface area contributed by atoms with Crippen molar-refractivity contribution in [2.75, 3.05) is 25.4 Å². The molecule has 5 amide bonds. The van der Waals surface area contributed by atoms with Crippen LogP contribution in [0, 0.1) is 28.6 Å². The molecule has 2 aliphatic heterocycles. The summed E-state index contributed by atoms with van der Waals surface area (Å²) in [7, 11) is 0. The van der Waals surface area contributed by atoms with E-state index < -0.39 is 0 Å². The average Bonchev–Trinajstić information content (AvgIpc) is 3.85. The third kappa shape index (κ3) is 11.1. The highest BCUT2D eigenvalue weighted by Gasteiger charge is 2.60. The molecule has 2 saturated heterocycles. The van der Waals surface area contributed by atoms with Gasteiger partial charge in [0.15, 0.2) is 5.78 Å². The number of allylic oxidation sites excluding steroid dienone is 1. The Morgan fingerprint density at radius 2 is 1.40 bits per heavy atom. The number of urea groups is 1. The number of esters is 1. The summed E-state index contributed by atoms with van der Waals surface area (Å²) in [4.78, 5) is 73.4. The quantitative estimate of drug-likeness (QED) is 0.0533. The van der Waals surface area contributed by atoms with E-state index in [4.69, 9.17) is 4.74 Å². The third-order valence-corrected chi connectivity index (χ3v) is 16.2. The molecule has 0 aromatic carbocycles. The van der Waals surface area contributed by atoms with Crippen molar-refractivity contribution in [2.45, 2.75) is 172 Å². The van der Waals surface area contributed by atoms with Crippen LogP contribution in [0.25, 0.3) is 0 Å². The molecule has 2 heterocycles. The van der Waals surface area contributed by atoms with Gasteiger partial charge in [0.05, 0.1) is 18.5 Å². The smallest absolute Gasteiger partial charge is 0.315 e. The van der Waals surface area contributed by atoms with Crippen molar-refractivity contribution in [3.05, 3.63) is 11.6 Å². The number of nitrogens with one attached hydrogen (secondary N) is 5. The van der Waals surface area contributed by atoms with E-state index >= 15 is 0 Å². The van der Waals surface area contributed by atoms with Crippen LogP contribution < -0.4 is 26.6 Å². The summed E-state index contributed by atoms with van der Waals surface area (Å²) in [5.74, 6) is 2.73. The summed E-state index contributed by atoms with van der Waals surface area (Å²) in [6, 6.07) is 0.393. The molecule has 6 aliphatic rings. The summed E-state index contributed by atoms with van der Waals surface area (Å²) >= 11 is 1.90. The molecule has 0 aromatic heterocycles. The van der Waals surface area contributed by atoms with Gasteiger partial charge in [-0.25, -0.2) is 4.79 Å². The first kappa shape index (κ1) is 43.5. The van der Waals surface area contributed by atoms with Crippen LogP contribution >= 0.6 is 11.8 Å². The SMILES string of the molecule is C[C@]12CC[C@H]3[C@@H](CCC4=CC(=O)CC[C@@]43C)[C@@H]1CC[C@@H]2OC(=O)CCC(=O)NCCCCCNC(=O)CCCCCNC(=O)CCCC[C@@H]1SC[C@@H]2NC(=O)N[C@@H]21. The number of ketones is 1. The van der Waals surface area contributed by atoms with Crippen molar-refractivity contribution in [2.24, 2.45) is 28.6 Å². The Kier molecular flexibility index (Phi) is 15.4. The monoisotopic (exact) mass is 811 g/mol. The van der Waals surface area contributed by atoms with Gasteiger partial charge in [-0.15, -0.1) is 0 Å². The fourth-order valence-corrected chi connectivity index (χ4v) is 12.9. The highest BCUT2D eigenvalue weighted by molar-refractivity contribution is 8.00.